The van der Waals surface area contributed by atoms with Crippen LogP contribution in [0.25, 0.3) is 0 Å². The Kier molecular flexibility index (Phi) is 9.20. The van der Waals surface area contributed by atoms with E-state index in [0.717, 1.165) is 18.7 Å². The number of carbonyl (C=O) groups is 3. The topological polar surface area (TPSA) is 79.0 Å². The molecule has 31 heavy (non-hydrogen) atoms. The van der Waals surface area contributed by atoms with Gasteiger partial charge in [-0.2, -0.15) is 0 Å². The van der Waals surface area contributed by atoms with Gasteiger partial charge in [0.25, 0.3) is 0 Å². The predicted molar refractivity (Wildman–Crippen MR) is 132 cm³/mol. The van der Waals surface area contributed by atoms with Crippen LogP contribution in [-0.2, 0) is 25.5 Å². The number of amides is 2. The maximum atomic E-state index is 12.8. The third-order valence-corrected chi connectivity index (χ3v) is 7.31. The predicted octanol–water partition coefficient (Wildman–Crippen LogP) is 2.28. The van der Waals surface area contributed by atoms with E-state index < -0.39 is 16.8 Å². The first-order valence-electron chi connectivity index (χ1n) is 10.5. The number of nitrogens with zero attached hydrogens (tertiary/aromatic N) is 2. The minimum Gasteiger partial charge on any atom is -0.463 e. The molecule has 1 aromatic carbocycles. The molecule has 2 fully saturated rings. The van der Waals surface area contributed by atoms with E-state index in [4.69, 9.17) is 4.74 Å². The van der Waals surface area contributed by atoms with Gasteiger partial charge in [-0.1, -0.05) is 44.2 Å². The summed E-state index contributed by atoms with van der Waals surface area (Å²) in [6, 6.07) is 8.18. The molecule has 3 rings (SSSR count). The number of fused-ring (bicyclic) bond motifs is 1. The fraction of sp³-hybridized carbons (Fsp3) is 0.591. The molecule has 1 N–H and O–H groups in total. The monoisotopic (exact) mass is 561 g/mol. The van der Waals surface area contributed by atoms with E-state index in [1.54, 1.807) is 16.7 Å². The van der Waals surface area contributed by atoms with Crippen LogP contribution in [0.4, 0.5) is 0 Å². The SMILES string of the molecule is CCN(CC)CCOC(=O)C1N2C(=O)C(NC(=O)Cc3ccccc3)C2SC1(C)C.I. The van der Waals surface area contributed by atoms with E-state index in [9.17, 15) is 14.4 Å². The Labute approximate surface area is 205 Å². The number of halogens is 1. The Morgan fingerprint density at radius 3 is 2.45 bits per heavy atom. The van der Waals surface area contributed by atoms with Crippen molar-refractivity contribution in [2.45, 2.75) is 56.3 Å². The number of ether oxygens (including phenoxy) is 1. The van der Waals surface area contributed by atoms with Gasteiger partial charge in [-0.05, 0) is 32.5 Å². The standard InChI is InChI=1S/C22H31N3O4S.HI/c1-5-24(6-2)12-13-29-21(28)18-22(3,4)30-20-17(19(27)25(18)20)23-16(26)14-15-10-8-7-9-11-15;/h7-11,17-18,20H,5-6,12-14H2,1-4H3,(H,23,26);1H. The smallest absolute Gasteiger partial charge is 0.330 e. The number of thioether (sulfide) groups is 1. The minimum atomic E-state index is -0.640. The average Bonchev–Trinajstić information content (AvgIpc) is 2.98. The van der Waals surface area contributed by atoms with Crippen LogP contribution < -0.4 is 5.32 Å². The lowest BCUT2D eigenvalue weighted by Crippen LogP contribution is -2.70. The van der Waals surface area contributed by atoms with Gasteiger partial charge < -0.3 is 19.9 Å². The number of hydrogen-bond acceptors (Lipinski definition) is 6. The number of benzene rings is 1. The van der Waals surface area contributed by atoms with E-state index in [2.05, 4.69) is 24.1 Å². The molecule has 3 atom stereocenters. The van der Waals surface area contributed by atoms with Crippen molar-refractivity contribution >= 4 is 53.5 Å². The van der Waals surface area contributed by atoms with Crippen LogP contribution in [0, 0.1) is 0 Å². The molecule has 2 heterocycles. The van der Waals surface area contributed by atoms with Crippen LogP contribution in [0.1, 0.15) is 33.3 Å². The van der Waals surface area contributed by atoms with Gasteiger partial charge in [0.05, 0.1) is 6.42 Å². The minimum absolute atomic E-state index is 0. The number of esters is 1. The summed E-state index contributed by atoms with van der Waals surface area (Å²) in [6.07, 6.45) is 0.224. The van der Waals surface area contributed by atoms with Crippen molar-refractivity contribution in [2.24, 2.45) is 0 Å². The largest absolute Gasteiger partial charge is 0.463 e. The summed E-state index contributed by atoms with van der Waals surface area (Å²) in [5.74, 6) is -0.780. The number of rotatable bonds is 9. The first-order chi connectivity index (χ1) is 14.3. The van der Waals surface area contributed by atoms with Crippen LogP contribution in [0.2, 0.25) is 0 Å². The van der Waals surface area contributed by atoms with Gasteiger partial charge in [0.2, 0.25) is 11.8 Å². The molecule has 0 bridgehead atoms. The maximum Gasteiger partial charge on any atom is 0.330 e. The molecule has 2 amide bonds. The summed E-state index contributed by atoms with van der Waals surface area (Å²) in [4.78, 5) is 41.7. The highest BCUT2D eigenvalue weighted by Crippen LogP contribution is 2.51. The molecule has 0 radical (unpaired) electrons. The first kappa shape index (κ1) is 25.9. The van der Waals surface area contributed by atoms with Crippen molar-refractivity contribution in [1.29, 1.82) is 0 Å². The normalized spacial score (nSPS) is 23.6. The number of nitrogens with one attached hydrogen (secondary N) is 1. The molecule has 3 unspecified atom stereocenters. The van der Waals surface area contributed by atoms with Crippen LogP contribution in [0.3, 0.4) is 0 Å². The summed E-state index contributed by atoms with van der Waals surface area (Å²) in [5, 5.41) is 2.60. The first-order valence-corrected chi connectivity index (χ1v) is 11.4. The third-order valence-electron chi connectivity index (χ3n) is 5.73. The second kappa shape index (κ2) is 11.0. The quantitative estimate of drug-likeness (QED) is 0.283. The Balaban J connectivity index is 0.00000341. The number of likely N-dealkylation sites (N-methyl/N-ethyl adjacent to an activating group) is 1. The summed E-state index contributed by atoms with van der Waals surface area (Å²) in [5.41, 5.74) is 0.896. The molecule has 172 valence electrons. The molecule has 2 aliphatic heterocycles. The molecule has 0 aliphatic carbocycles. The van der Waals surface area contributed by atoms with Crippen molar-refractivity contribution < 1.29 is 19.1 Å². The molecule has 2 aliphatic rings. The lowest BCUT2D eigenvalue weighted by atomic mass is 9.96. The van der Waals surface area contributed by atoms with E-state index >= 15 is 0 Å². The molecule has 2 saturated heterocycles. The van der Waals surface area contributed by atoms with Gasteiger partial charge in [-0.25, -0.2) is 4.79 Å². The van der Waals surface area contributed by atoms with Gasteiger partial charge in [0.15, 0.2) is 0 Å². The van der Waals surface area contributed by atoms with E-state index in [-0.39, 0.29) is 53.6 Å². The zero-order chi connectivity index (χ0) is 21.9. The zero-order valence-electron chi connectivity index (χ0n) is 18.5. The average molecular weight is 561 g/mol. The van der Waals surface area contributed by atoms with Gasteiger partial charge in [0.1, 0.15) is 24.1 Å². The van der Waals surface area contributed by atoms with Crippen molar-refractivity contribution in [3.8, 4) is 0 Å². The Morgan fingerprint density at radius 2 is 1.84 bits per heavy atom. The van der Waals surface area contributed by atoms with Crippen LogP contribution in [0.5, 0.6) is 0 Å². The number of hydrogen-bond donors (Lipinski definition) is 1. The second-order valence-corrected chi connectivity index (χ2v) is 9.93. The summed E-state index contributed by atoms with van der Waals surface area (Å²) in [6.45, 7) is 10.8. The summed E-state index contributed by atoms with van der Waals surface area (Å²) >= 11 is 1.54. The highest BCUT2D eigenvalue weighted by Gasteiger charge is 2.64. The number of carbonyl (C=O) groups excluding carboxylic acids is 3. The number of β-lactam (4-membered cyclic amide) rings is 1. The van der Waals surface area contributed by atoms with E-state index in [0.29, 0.717) is 13.2 Å². The molecular formula is C22H32IN3O4S. The zero-order valence-corrected chi connectivity index (χ0v) is 21.6. The molecule has 0 aromatic heterocycles. The Morgan fingerprint density at radius 1 is 1.19 bits per heavy atom. The molecule has 7 nitrogen and oxygen atoms in total. The lowest BCUT2D eigenvalue weighted by molar-refractivity contribution is -0.164. The maximum absolute atomic E-state index is 12.8. The van der Waals surface area contributed by atoms with Gasteiger partial charge in [-0.15, -0.1) is 35.7 Å². The summed E-state index contributed by atoms with van der Waals surface area (Å²) in [7, 11) is 0. The molecule has 0 spiro atoms. The Hall–Kier alpha value is -1.33. The van der Waals surface area contributed by atoms with Crippen LogP contribution in [-0.4, -0.2) is 76.0 Å². The lowest BCUT2D eigenvalue weighted by Gasteiger charge is -2.44. The van der Waals surface area contributed by atoms with Crippen molar-refractivity contribution in [2.75, 3.05) is 26.2 Å². The van der Waals surface area contributed by atoms with E-state index in [1.807, 2.05) is 44.2 Å². The third kappa shape index (κ3) is 5.73. The highest BCUT2D eigenvalue weighted by molar-refractivity contribution is 14.0. The van der Waals surface area contributed by atoms with E-state index in [1.165, 1.54) is 0 Å². The molecule has 9 heteroatoms. The molecule has 0 saturated carbocycles. The molecule has 1 aromatic rings. The van der Waals surface area contributed by atoms with Gasteiger partial charge in [-0.3, -0.25) is 9.59 Å². The van der Waals surface area contributed by atoms with Gasteiger partial charge in [0, 0.05) is 11.3 Å². The van der Waals surface area contributed by atoms with Crippen molar-refractivity contribution in [1.82, 2.24) is 15.1 Å². The van der Waals surface area contributed by atoms with Crippen molar-refractivity contribution in [3.63, 3.8) is 0 Å². The fourth-order valence-electron chi connectivity index (χ4n) is 4.03. The fourth-order valence-corrected chi connectivity index (χ4v) is 5.65. The van der Waals surface area contributed by atoms with Crippen molar-refractivity contribution in [3.05, 3.63) is 35.9 Å². The van der Waals surface area contributed by atoms with Crippen LogP contribution >= 0.6 is 35.7 Å². The second-order valence-electron chi connectivity index (χ2n) is 8.16. The molecular weight excluding hydrogens is 529 g/mol. The highest BCUT2D eigenvalue weighted by atomic mass is 127. The van der Waals surface area contributed by atoms with Crippen LogP contribution in [0.15, 0.2) is 30.3 Å². The van der Waals surface area contributed by atoms with Gasteiger partial charge >= 0.3 is 5.97 Å². The Bertz CT molecular complexity index is 788. The summed E-state index contributed by atoms with van der Waals surface area (Å²) < 4.78 is 5.04.